The third-order valence-corrected chi connectivity index (χ3v) is 5.54. The average molecular weight is 332 g/mol. The van der Waals surface area contributed by atoms with Crippen molar-refractivity contribution in [3.05, 3.63) is 89.1 Å². The van der Waals surface area contributed by atoms with Gasteiger partial charge < -0.3 is 4.57 Å². The Hall–Kier alpha value is -2.39. The fourth-order valence-electron chi connectivity index (χ4n) is 3.40. The van der Waals surface area contributed by atoms with Crippen LogP contribution in [0.5, 0.6) is 0 Å². The Balaban J connectivity index is 1.70. The predicted molar refractivity (Wildman–Crippen MR) is 102 cm³/mol. The van der Waals surface area contributed by atoms with Crippen LogP contribution in [0.4, 0.5) is 0 Å². The fraction of sp³-hybridized carbons (Fsp3) is 0.190. The van der Waals surface area contributed by atoms with Crippen LogP contribution in [0.25, 0.3) is 10.8 Å². The standard InChI is InChI=1S/C21H20N2S/c1-21(23-11-10-22-16-23,15-20-7-4-12-24-20)14-17-8-9-18-5-2-3-6-19(18)13-17/h2-13,16H,14-15H2,1H3. The number of rotatable bonds is 5. The zero-order chi connectivity index (χ0) is 16.4. The monoisotopic (exact) mass is 332 g/mol. The van der Waals surface area contributed by atoms with E-state index in [0.717, 1.165) is 12.8 Å². The molecule has 0 N–H and O–H groups in total. The van der Waals surface area contributed by atoms with Crippen LogP contribution in [-0.4, -0.2) is 9.55 Å². The smallest absolute Gasteiger partial charge is 0.0951 e. The van der Waals surface area contributed by atoms with Gasteiger partial charge in [-0.15, -0.1) is 11.3 Å². The molecule has 0 fully saturated rings. The lowest BCUT2D eigenvalue weighted by Crippen LogP contribution is -2.34. The van der Waals surface area contributed by atoms with Gasteiger partial charge >= 0.3 is 0 Å². The Morgan fingerprint density at radius 1 is 1.00 bits per heavy atom. The van der Waals surface area contributed by atoms with Crippen molar-refractivity contribution in [3.8, 4) is 0 Å². The van der Waals surface area contributed by atoms with Crippen molar-refractivity contribution in [1.82, 2.24) is 9.55 Å². The first-order valence-corrected chi connectivity index (χ1v) is 9.09. The molecule has 0 bridgehead atoms. The summed E-state index contributed by atoms with van der Waals surface area (Å²) in [7, 11) is 0. The van der Waals surface area contributed by atoms with Gasteiger partial charge in [-0.1, -0.05) is 48.5 Å². The van der Waals surface area contributed by atoms with Gasteiger partial charge in [-0.05, 0) is 41.1 Å². The molecule has 3 heteroatoms. The number of aromatic nitrogens is 2. The van der Waals surface area contributed by atoms with Crippen molar-refractivity contribution < 1.29 is 0 Å². The second-order valence-corrected chi connectivity index (χ2v) is 7.61. The Labute approximate surface area is 146 Å². The van der Waals surface area contributed by atoms with Crippen LogP contribution >= 0.6 is 11.3 Å². The minimum atomic E-state index is -0.0240. The predicted octanol–water partition coefficient (Wildman–Crippen LogP) is 5.30. The van der Waals surface area contributed by atoms with E-state index in [1.54, 1.807) is 0 Å². The molecule has 1 atom stereocenters. The van der Waals surface area contributed by atoms with Gasteiger partial charge in [0.2, 0.25) is 0 Å². The molecule has 0 aliphatic carbocycles. The minimum absolute atomic E-state index is 0.0240. The number of thiophene rings is 1. The molecule has 4 aromatic rings. The van der Waals surface area contributed by atoms with Crippen molar-refractivity contribution in [3.63, 3.8) is 0 Å². The summed E-state index contributed by atoms with van der Waals surface area (Å²) in [4.78, 5) is 5.68. The summed E-state index contributed by atoms with van der Waals surface area (Å²) >= 11 is 1.83. The van der Waals surface area contributed by atoms with Crippen LogP contribution in [0.2, 0.25) is 0 Å². The molecular formula is C21H20N2S. The summed E-state index contributed by atoms with van der Waals surface area (Å²) < 4.78 is 2.25. The molecule has 0 amide bonds. The summed E-state index contributed by atoms with van der Waals surface area (Å²) in [6.45, 7) is 2.32. The molecule has 120 valence electrons. The molecule has 2 nitrogen and oxygen atoms in total. The molecule has 0 saturated heterocycles. The van der Waals surface area contributed by atoms with Gasteiger partial charge in [0.05, 0.1) is 11.9 Å². The molecule has 1 unspecified atom stereocenters. The molecule has 2 heterocycles. The number of nitrogens with zero attached hydrogens (tertiary/aromatic N) is 2. The summed E-state index contributed by atoms with van der Waals surface area (Å²) in [6.07, 6.45) is 7.87. The van der Waals surface area contributed by atoms with Crippen LogP contribution < -0.4 is 0 Å². The number of fused-ring (bicyclic) bond motifs is 1. The van der Waals surface area contributed by atoms with Crippen molar-refractivity contribution in [1.29, 1.82) is 0 Å². The molecule has 0 aliphatic heterocycles. The SMILES string of the molecule is CC(Cc1ccc2ccccc2c1)(Cc1cccs1)n1ccnc1. The van der Waals surface area contributed by atoms with E-state index in [2.05, 4.69) is 82.6 Å². The summed E-state index contributed by atoms with van der Waals surface area (Å²) in [5.74, 6) is 0. The first kappa shape index (κ1) is 15.2. The van der Waals surface area contributed by atoms with Crippen molar-refractivity contribution in [2.45, 2.75) is 25.3 Å². The zero-order valence-corrected chi connectivity index (χ0v) is 14.5. The number of benzene rings is 2. The van der Waals surface area contributed by atoms with Gasteiger partial charge in [0.25, 0.3) is 0 Å². The van der Waals surface area contributed by atoms with E-state index >= 15 is 0 Å². The molecule has 0 spiro atoms. The molecule has 2 aromatic heterocycles. The van der Waals surface area contributed by atoms with Crippen LogP contribution in [-0.2, 0) is 18.4 Å². The topological polar surface area (TPSA) is 17.8 Å². The van der Waals surface area contributed by atoms with Gasteiger partial charge in [-0.25, -0.2) is 4.98 Å². The molecule has 0 aliphatic rings. The van der Waals surface area contributed by atoms with Crippen molar-refractivity contribution in [2.75, 3.05) is 0 Å². The van der Waals surface area contributed by atoms with E-state index < -0.39 is 0 Å². The van der Waals surface area contributed by atoms with Crippen LogP contribution in [0.3, 0.4) is 0 Å². The van der Waals surface area contributed by atoms with Crippen molar-refractivity contribution in [2.24, 2.45) is 0 Å². The molecular weight excluding hydrogens is 312 g/mol. The molecule has 2 aromatic carbocycles. The van der Waals surface area contributed by atoms with Gasteiger partial charge in [0, 0.05) is 23.7 Å². The van der Waals surface area contributed by atoms with E-state index in [9.17, 15) is 0 Å². The van der Waals surface area contributed by atoms with Crippen LogP contribution in [0.15, 0.2) is 78.7 Å². The van der Waals surface area contributed by atoms with Gasteiger partial charge in [-0.3, -0.25) is 0 Å². The highest BCUT2D eigenvalue weighted by atomic mass is 32.1. The summed E-state index contributed by atoms with van der Waals surface area (Å²) in [5.41, 5.74) is 1.34. The lowest BCUT2D eigenvalue weighted by atomic mass is 9.88. The Morgan fingerprint density at radius 2 is 1.88 bits per heavy atom. The maximum absolute atomic E-state index is 4.28. The molecule has 24 heavy (non-hydrogen) atoms. The highest BCUT2D eigenvalue weighted by Crippen LogP contribution is 2.29. The Morgan fingerprint density at radius 3 is 2.62 bits per heavy atom. The quantitative estimate of drug-likeness (QED) is 0.485. The Bertz CT molecular complexity index is 926. The largest absolute Gasteiger partial charge is 0.331 e. The summed E-state index contributed by atoms with van der Waals surface area (Å²) in [5, 5.41) is 4.75. The molecule has 0 radical (unpaired) electrons. The van der Waals surface area contributed by atoms with E-state index in [0.29, 0.717) is 0 Å². The second kappa shape index (κ2) is 6.25. The third-order valence-electron chi connectivity index (χ3n) is 4.66. The minimum Gasteiger partial charge on any atom is -0.331 e. The van der Waals surface area contributed by atoms with E-state index in [-0.39, 0.29) is 5.54 Å². The lowest BCUT2D eigenvalue weighted by molar-refractivity contribution is 0.314. The average Bonchev–Trinajstić information content (AvgIpc) is 3.28. The lowest BCUT2D eigenvalue weighted by Gasteiger charge is -2.31. The number of hydrogen-bond acceptors (Lipinski definition) is 2. The van der Waals surface area contributed by atoms with E-state index in [1.165, 1.54) is 21.2 Å². The first-order valence-electron chi connectivity index (χ1n) is 8.21. The van der Waals surface area contributed by atoms with Crippen LogP contribution in [0, 0.1) is 0 Å². The number of imidazole rings is 1. The van der Waals surface area contributed by atoms with Gasteiger partial charge in [0.1, 0.15) is 0 Å². The van der Waals surface area contributed by atoms with Gasteiger partial charge in [0.15, 0.2) is 0 Å². The normalized spacial score (nSPS) is 13.9. The van der Waals surface area contributed by atoms with E-state index in [4.69, 9.17) is 0 Å². The zero-order valence-electron chi connectivity index (χ0n) is 13.7. The van der Waals surface area contributed by atoms with E-state index in [1.807, 2.05) is 23.9 Å². The molecule has 0 saturated carbocycles. The van der Waals surface area contributed by atoms with Crippen molar-refractivity contribution >= 4 is 22.1 Å². The maximum atomic E-state index is 4.28. The maximum Gasteiger partial charge on any atom is 0.0951 e. The highest BCUT2D eigenvalue weighted by Gasteiger charge is 2.27. The third kappa shape index (κ3) is 3.00. The van der Waals surface area contributed by atoms with Crippen LogP contribution in [0.1, 0.15) is 17.4 Å². The van der Waals surface area contributed by atoms with Gasteiger partial charge in [-0.2, -0.15) is 0 Å². The second-order valence-electron chi connectivity index (χ2n) is 6.58. The fourth-order valence-corrected chi connectivity index (χ4v) is 4.28. The number of hydrogen-bond donors (Lipinski definition) is 0. The summed E-state index contributed by atoms with van der Waals surface area (Å²) in [6, 6.07) is 19.7. The first-order chi connectivity index (χ1) is 11.7. The Kier molecular flexibility index (Phi) is 3.95. The highest BCUT2D eigenvalue weighted by molar-refractivity contribution is 7.09. The molecule has 4 rings (SSSR count).